The van der Waals surface area contributed by atoms with E-state index in [-0.39, 0.29) is 17.4 Å². The number of nitriles is 1. The van der Waals surface area contributed by atoms with Crippen LogP contribution in [0.5, 0.6) is 0 Å². The largest absolute Gasteiger partial charge is 0.483 e. The van der Waals surface area contributed by atoms with Gasteiger partial charge in [-0.1, -0.05) is 0 Å². The first-order valence-electron chi connectivity index (χ1n) is 6.39. The lowest BCUT2D eigenvalue weighted by Gasteiger charge is -2.09. The molecule has 0 fully saturated rings. The van der Waals surface area contributed by atoms with Crippen LogP contribution in [-0.2, 0) is 9.53 Å². The predicted molar refractivity (Wildman–Crippen MR) is 81.3 cm³/mol. The lowest BCUT2D eigenvalue weighted by molar-refractivity contribution is -0.121. The molecule has 0 atom stereocenters. The molecular formula is C14H10N4O3S. The van der Waals surface area contributed by atoms with Crippen LogP contribution in [0.2, 0.25) is 0 Å². The Kier molecular flexibility index (Phi) is 3.80. The third-order valence-corrected chi connectivity index (χ3v) is 3.71. The fourth-order valence-electron chi connectivity index (χ4n) is 1.85. The zero-order chi connectivity index (χ0) is 15.5. The average molecular weight is 314 g/mol. The predicted octanol–water partition coefficient (Wildman–Crippen LogP) is 2.32. The van der Waals surface area contributed by atoms with Crippen LogP contribution in [0.3, 0.4) is 0 Å². The molecule has 22 heavy (non-hydrogen) atoms. The molecular weight excluding hydrogens is 304 g/mol. The number of allylic oxidation sites excluding steroid dienone is 1. The van der Waals surface area contributed by atoms with Crippen LogP contribution < -0.4 is 0 Å². The van der Waals surface area contributed by atoms with E-state index in [0.29, 0.717) is 22.4 Å². The molecule has 0 radical (unpaired) electrons. The molecule has 1 aromatic rings. The van der Waals surface area contributed by atoms with E-state index in [4.69, 9.17) is 14.4 Å². The highest BCUT2D eigenvalue weighted by atomic mass is 32.2. The van der Waals surface area contributed by atoms with Gasteiger partial charge < -0.3 is 9.15 Å². The summed E-state index contributed by atoms with van der Waals surface area (Å²) in [4.78, 5) is 22.3. The second-order valence-electron chi connectivity index (χ2n) is 4.14. The number of rotatable bonds is 4. The number of amidine groups is 1. The Bertz CT molecular complexity index is 769. The van der Waals surface area contributed by atoms with Gasteiger partial charge in [-0.3, -0.25) is 4.79 Å². The van der Waals surface area contributed by atoms with E-state index in [0.717, 1.165) is 11.8 Å². The van der Waals surface area contributed by atoms with E-state index in [9.17, 15) is 4.79 Å². The second kappa shape index (κ2) is 5.91. The van der Waals surface area contributed by atoms with E-state index >= 15 is 0 Å². The van der Waals surface area contributed by atoms with Crippen molar-refractivity contribution in [2.45, 2.75) is 6.92 Å². The van der Waals surface area contributed by atoms with Crippen LogP contribution in [-0.4, -0.2) is 29.0 Å². The highest BCUT2D eigenvalue weighted by Gasteiger charge is 2.41. The zero-order valence-corrected chi connectivity index (χ0v) is 12.3. The summed E-state index contributed by atoms with van der Waals surface area (Å²) in [5, 5.41) is 9.55. The summed E-state index contributed by atoms with van der Waals surface area (Å²) in [7, 11) is 0. The standard InChI is InChI=1S/C14H10N4O3S/c1-2-20-8-16-12-11(7-15)22-14-17-10(13(19)18(12)14)6-9-4-3-5-21-9/h3-6,8H,2H2,1H3/b10-6?,16-8+. The van der Waals surface area contributed by atoms with Gasteiger partial charge in [-0.15, -0.1) is 0 Å². The molecule has 1 amide bonds. The molecule has 8 heteroatoms. The van der Waals surface area contributed by atoms with Crippen molar-refractivity contribution in [3.63, 3.8) is 0 Å². The topological polar surface area (TPSA) is 91.2 Å². The molecule has 0 aliphatic carbocycles. The Balaban J connectivity index is 1.91. The number of furan rings is 1. The van der Waals surface area contributed by atoms with Crippen molar-refractivity contribution >= 4 is 35.3 Å². The molecule has 0 saturated carbocycles. The van der Waals surface area contributed by atoms with Crippen LogP contribution >= 0.6 is 11.8 Å². The van der Waals surface area contributed by atoms with Crippen molar-refractivity contribution in [2.24, 2.45) is 9.98 Å². The van der Waals surface area contributed by atoms with Crippen molar-refractivity contribution in [3.8, 4) is 6.07 Å². The molecule has 3 rings (SSSR count). The Morgan fingerprint density at radius 3 is 3.18 bits per heavy atom. The second-order valence-corrected chi connectivity index (χ2v) is 5.11. The SMILES string of the molecule is CCO/C=N/C1=C(C#N)SC2=NC(=Cc3ccco3)C(=O)N21. The molecule has 0 saturated heterocycles. The number of ether oxygens (including phenoxy) is 1. The van der Waals surface area contributed by atoms with E-state index < -0.39 is 0 Å². The summed E-state index contributed by atoms with van der Waals surface area (Å²) in [5.74, 6) is 0.406. The Morgan fingerprint density at radius 2 is 2.50 bits per heavy atom. The van der Waals surface area contributed by atoms with Gasteiger partial charge in [0.1, 0.15) is 22.4 Å². The number of hydrogen-bond acceptors (Lipinski definition) is 7. The van der Waals surface area contributed by atoms with Crippen LogP contribution in [0.25, 0.3) is 6.08 Å². The van der Waals surface area contributed by atoms with Crippen LogP contribution in [0.15, 0.2) is 49.2 Å². The number of hydrogen-bond donors (Lipinski definition) is 0. The molecule has 2 aliphatic heterocycles. The zero-order valence-electron chi connectivity index (χ0n) is 11.5. The van der Waals surface area contributed by atoms with Gasteiger partial charge in [-0.2, -0.15) is 5.26 Å². The van der Waals surface area contributed by atoms with Gasteiger partial charge in [0.05, 0.1) is 12.9 Å². The Hall–Kier alpha value is -2.79. The van der Waals surface area contributed by atoms with Gasteiger partial charge in [-0.05, 0) is 30.8 Å². The summed E-state index contributed by atoms with van der Waals surface area (Å²) in [6.45, 7) is 2.26. The summed E-state index contributed by atoms with van der Waals surface area (Å²) in [5.41, 5.74) is 0.235. The van der Waals surface area contributed by atoms with Gasteiger partial charge in [-0.25, -0.2) is 14.9 Å². The number of nitrogens with zero attached hydrogens (tertiary/aromatic N) is 4. The average Bonchev–Trinajstić information content (AvgIpc) is 3.20. The molecule has 1 aromatic heterocycles. The lowest BCUT2D eigenvalue weighted by atomic mass is 10.3. The Labute approximate surface area is 130 Å². The monoisotopic (exact) mass is 314 g/mol. The van der Waals surface area contributed by atoms with Crippen molar-refractivity contribution in [1.29, 1.82) is 5.26 Å². The van der Waals surface area contributed by atoms with E-state index in [1.54, 1.807) is 18.2 Å². The van der Waals surface area contributed by atoms with E-state index in [1.807, 2.05) is 13.0 Å². The van der Waals surface area contributed by atoms with Crippen molar-refractivity contribution in [1.82, 2.24) is 4.90 Å². The first-order chi connectivity index (χ1) is 10.7. The highest BCUT2D eigenvalue weighted by Crippen LogP contribution is 2.39. The first-order valence-corrected chi connectivity index (χ1v) is 7.21. The van der Waals surface area contributed by atoms with Gasteiger partial charge >= 0.3 is 0 Å². The third-order valence-electron chi connectivity index (χ3n) is 2.78. The van der Waals surface area contributed by atoms with E-state index in [1.165, 1.54) is 17.6 Å². The number of carbonyl (C=O) groups is 1. The smallest absolute Gasteiger partial charge is 0.284 e. The minimum absolute atomic E-state index is 0.229. The maximum absolute atomic E-state index is 12.4. The molecule has 0 aromatic carbocycles. The number of fused-ring (bicyclic) bond motifs is 1. The van der Waals surface area contributed by atoms with Crippen molar-refractivity contribution in [2.75, 3.05) is 6.61 Å². The molecule has 0 spiro atoms. The maximum Gasteiger partial charge on any atom is 0.284 e. The van der Waals surface area contributed by atoms with Crippen molar-refractivity contribution < 1.29 is 13.9 Å². The summed E-state index contributed by atoms with van der Waals surface area (Å²) in [6.07, 6.45) is 4.28. The lowest BCUT2D eigenvalue weighted by Crippen LogP contribution is -2.25. The molecule has 0 bridgehead atoms. The minimum atomic E-state index is -0.354. The highest BCUT2D eigenvalue weighted by molar-refractivity contribution is 8.17. The molecule has 0 N–H and O–H groups in total. The van der Waals surface area contributed by atoms with Gasteiger partial charge in [0, 0.05) is 6.08 Å². The van der Waals surface area contributed by atoms with Gasteiger partial charge in [0.2, 0.25) is 0 Å². The molecule has 110 valence electrons. The van der Waals surface area contributed by atoms with Gasteiger partial charge in [0.25, 0.3) is 5.91 Å². The fraction of sp³-hybridized carbons (Fsp3) is 0.143. The number of carbonyl (C=O) groups excluding carboxylic acids is 1. The normalized spacial score (nSPS) is 19.1. The summed E-state index contributed by atoms with van der Waals surface area (Å²) in [6, 6.07) is 5.46. The first kappa shape index (κ1) is 14.2. The quantitative estimate of drug-likeness (QED) is 0.483. The number of thioether (sulfide) groups is 1. The van der Waals surface area contributed by atoms with Crippen LogP contribution in [0.1, 0.15) is 12.7 Å². The minimum Gasteiger partial charge on any atom is -0.483 e. The Morgan fingerprint density at radius 1 is 1.64 bits per heavy atom. The van der Waals surface area contributed by atoms with Gasteiger partial charge in [0.15, 0.2) is 17.4 Å². The molecule has 2 aliphatic rings. The third kappa shape index (κ3) is 2.42. The van der Waals surface area contributed by atoms with Crippen LogP contribution in [0, 0.1) is 11.3 Å². The fourth-order valence-corrected chi connectivity index (χ4v) is 2.72. The number of aliphatic imine (C=N–C) groups is 2. The number of amides is 1. The maximum atomic E-state index is 12.4. The van der Waals surface area contributed by atoms with Crippen molar-refractivity contribution in [3.05, 3.63) is 40.6 Å². The van der Waals surface area contributed by atoms with Crippen LogP contribution in [0.4, 0.5) is 0 Å². The molecule has 0 unspecified atom stereocenters. The molecule has 3 heterocycles. The van der Waals surface area contributed by atoms with E-state index in [2.05, 4.69) is 9.98 Å². The summed E-state index contributed by atoms with van der Waals surface area (Å²) >= 11 is 1.10. The summed E-state index contributed by atoms with van der Waals surface area (Å²) < 4.78 is 10.2. The molecule has 7 nitrogen and oxygen atoms in total.